The molecule has 0 aliphatic rings. The van der Waals surface area contributed by atoms with Gasteiger partial charge in [0.2, 0.25) is 0 Å². The van der Waals surface area contributed by atoms with E-state index in [9.17, 15) is 0 Å². The average Bonchev–Trinajstić information content (AvgIpc) is 1.04. The molecule has 0 aromatic heterocycles. The quantitative estimate of drug-likeness (QED) is 0.0899. The summed E-state index contributed by atoms with van der Waals surface area (Å²) in [5, 5.41) is 2.53. The highest BCUT2D eigenvalue weighted by molar-refractivity contribution is 7.91. The Morgan fingerprint density at radius 1 is 0.238 bits per heavy atom. The minimum Gasteiger partial charge on any atom is -0.497 e. The van der Waals surface area contributed by atoms with Gasteiger partial charge < -0.3 is 28.7 Å². The Bertz CT molecular complexity index is 3510. The van der Waals surface area contributed by atoms with Crippen molar-refractivity contribution in [2.24, 2.45) is 0 Å². The fraction of sp³-hybridized carbons (Fsp3) is 0.211. The fourth-order valence-corrected chi connectivity index (χ4v) is 16.0. The topological polar surface area (TPSA) is 43.4 Å². The van der Waals surface area contributed by atoms with Gasteiger partial charge in [-0.15, -0.1) is 0 Å². The van der Waals surface area contributed by atoms with Crippen LogP contribution in [0.5, 0.6) is 23.0 Å². The summed E-state index contributed by atoms with van der Waals surface area (Å²) >= 11 is 0. The second-order valence-corrected chi connectivity index (χ2v) is 25.0. The predicted molar refractivity (Wildman–Crippen MR) is 360 cm³/mol. The monoisotopic (exact) mass is 1140 g/mol. The third kappa shape index (κ3) is 11.9. The molecule has 6 nitrogen and oxygen atoms in total. The number of ether oxygens (including phenoxy) is 4. The zero-order chi connectivity index (χ0) is 59.7. The fourth-order valence-electron chi connectivity index (χ4n) is 12.8. The van der Waals surface area contributed by atoms with Gasteiger partial charge in [-0.1, -0.05) is 70.8 Å². The molecule has 0 N–H and O–H groups in total. The molecule has 10 aromatic rings. The van der Waals surface area contributed by atoms with Gasteiger partial charge in [-0.05, 0) is 309 Å². The van der Waals surface area contributed by atoms with Gasteiger partial charge in [-0.3, -0.25) is 0 Å². The van der Waals surface area contributed by atoms with Crippen molar-refractivity contribution in [3.05, 3.63) is 237 Å². The van der Waals surface area contributed by atoms with E-state index in [0.29, 0.717) is 0 Å². The minimum atomic E-state index is 0.799. The molecule has 84 heavy (non-hydrogen) atoms. The summed E-state index contributed by atoms with van der Waals surface area (Å²) in [6.07, 6.45) is 0. The predicted octanol–water partition coefficient (Wildman–Crippen LogP) is 20.8. The molecular formula is C76H76N2O4P2. The molecule has 0 heterocycles. The van der Waals surface area contributed by atoms with Crippen molar-refractivity contribution in [1.82, 2.24) is 0 Å². The van der Waals surface area contributed by atoms with Gasteiger partial charge in [0.1, 0.15) is 23.0 Å². The molecule has 0 spiro atoms. The highest BCUT2D eigenvalue weighted by atomic mass is 31.7. The summed E-state index contributed by atoms with van der Waals surface area (Å²) in [6.45, 7) is 27.1. The van der Waals surface area contributed by atoms with Gasteiger partial charge in [0.15, 0.2) is 0 Å². The lowest BCUT2D eigenvalue weighted by molar-refractivity contribution is 0.414. The summed E-state index contributed by atoms with van der Waals surface area (Å²) < 4.78 is 22.9. The molecule has 0 saturated heterocycles. The molecular weight excluding hydrogens is 1070 g/mol. The maximum Gasteiger partial charge on any atom is 0.119 e. The van der Waals surface area contributed by atoms with Gasteiger partial charge in [-0.2, -0.15) is 0 Å². The molecule has 0 atom stereocenters. The van der Waals surface area contributed by atoms with Crippen LogP contribution in [0.2, 0.25) is 0 Å². The van der Waals surface area contributed by atoms with E-state index in [2.05, 4.69) is 214 Å². The summed E-state index contributed by atoms with van der Waals surface area (Å²) in [6, 6.07) is 62.2. The van der Waals surface area contributed by atoms with E-state index in [4.69, 9.17) is 18.9 Å². The van der Waals surface area contributed by atoms with Crippen LogP contribution in [0, 0.1) is 83.1 Å². The molecule has 424 valence electrons. The Balaban J connectivity index is 1.37. The van der Waals surface area contributed by atoms with Crippen LogP contribution in [-0.2, 0) is 0 Å². The smallest absolute Gasteiger partial charge is 0.119 e. The van der Waals surface area contributed by atoms with Crippen LogP contribution >= 0.6 is 15.7 Å². The zero-order valence-corrected chi connectivity index (χ0v) is 53.4. The maximum atomic E-state index is 5.73. The number of anilines is 6. The Morgan fingerprint density at radius 2 is 0.417 bits per heavy atom. The van der Waals surface area contributed by atoms with Gasteiger partial charge in [0, 0.05) is 44.7 Å². The first-order chi connectivity index (χ1) is 40.4. The highest BCUT2D eigenvalue weighted by Crippen LogP contribution is 2.48. The van der Waals surface area contributed by atoms with E-state index in [1.54, 1.807) is 28.4 Å². The minimum absolute atomic E-state index is 0.799. The Kier molecular flexibility index (Phi) is 17.4. The molecule has 0 aliphatic carbocycles. The first-order valence-electron chi connectivity index (χ1n) is 28.7. The SMILES string of the molecule is COc1ccc(N(c2ccc(OC)cc2)c2cc(-c3c(C)cc(C)cc3C)c(P=Pc3c(-c4c(C)cc(C)cc4C)cc(N(c4ccc(OC)cc4)c4ccc(OC)cc4)cc3-c3c(C)cc(C)cc3C)c(-c3c(C)cc(C)cc3C)c2)cc1. The second-order valence-electron chi connectivity index (χ2n) is 22.5. The number of methoxy groups -OCH3 is 4. The first-order valence-corrected chi connectivity index (χ1v) is 31.1. The van der Waals surface area contributed by atoms with Crippen molar-refractivity contribution in [2.75, 3.05) is 38.2 Å². The average molecular weight is 1140 g/mol. The van der Waals surface area contributed by atoms with Crippen LogP contribution in [0.25, 0.3) is 44.5 Å². The Morgan fingerprint density at radius 3 is 0.583 bits per heavy atom. The largest absolute Gasteiger partial charge is 0.497 e. The van der Waals surface area contributed by atoms with Crippen LogP contribution < -0.4 is 39.4 Å². The maximum absolute atomic E-state index is 5.73. The Labute approximate surface area is 502 Å². The number of hydrogen-bond donors (Lipinski definition) is 0. The van der Waals surface area contributed by atoms with E-state index < -0.39 is 0 Å². The van der Waals surface area contributed by atoms with E-state index in [0.717, 1.165) is 72.9 Å². The van der Waals surface area contributed by atoms with Crippen LogP contribution in [-0.4, -0.2) is 28.4 Å². The molecule has 0 unspecified atom stereocenters. The molecule has 0 bridgehead atoms. The molecule has 10 rings (SSSR count). The molecule has 0 radical (unpaired) electrons. The van der Waals surface area contributed by atoms with E-state index in [1.165, 1.54) is 122 Å². The third-order valence-electron chi connectivity index (χ3n) is 16.1. The van der Waals surface area contributed by atoms with Crippen LogP contribution in [0.3, 0.4) is 0 Å². The molecule has 0 amide bonds. The lowest BCUT2D eigenvalue weighted by Crippen LogP contribution is -2.15. The number of aryl methyl sites for hydroxylation is 12. The van der Waals surface area contributed by atoms with Crippen LogP contribution in [0.15, 0.2) is 170 Å². The van der Waals surface area contributed by atoms with Crippen LogP contribution in [0.1, 0.15) is 66.8 Å². The highest BCUT2D eigenvalue weighted by Gasteiger charge is 2.27. The Hall–Kier alpha value is -8.40. The summed E-state index contributed by atoms with van der Waals surface area (Å²) in [5.41, 5.74) is 30.8. The number of benzene rings is 10. The molecule has 8 heteroatoms. The number of rotatable bonds is 16. The molecule has 0 aliphatic heterocycles. The lowest BCUT2D eigenvalue weighted by atomic mass is 9.88. The first kappa shape index (κ1) is 58.8. The normalized spacial score (nSPS) is 11.3. The van der Waals surface area contributed by atoms with Crippen molar-refractivity contribution in [3.8, 4) is 67.5 Å². The second kappa shape index (κ2) is 24.8. The number of hydrogen-bond acceptors (Lipinski definition) is 6. The molecule has 10 aromatic carbocycles. The van der Waals surface area contributed by atoms with Crippen molar-refractivity contribution < 1.29 is 18.9 Å². The van der Waals surface area contributed by atoms with Gasteiger partial charge in [-0.25, -0.2) is 0 Å². The summed E-state index contributed by atoms with van der Waals surface area (Å²) in [7, 11) is 9.11. The van der Waals surface area contributed by atoms with Crippen molar-refractivity contribution in [1.29, 1.82) is 0 Å². The zero-order valence-electron chi connectivity index (χ0n) is 51.6. The van der Waals surface area contributed by atoms with Gasteiger partial charge in [0.25, 0.3) is 0 Å². The van der Waals surface area contributed by atoms with Gasteiger partial charge >= 0.3 is 0 Å². The molecule has 0 saturated carbocycles. The third-order valence-corrected chi connectivity index (χ3v) is 19.0. The van der Waals surface area contributed by atoms with Crippen molar-refractivity contribution in [2.45, 2.75) is 83.1 Å². The van der Waals surface area contributed by atoms with Crippen molar-refractivity contribution >= 4 is 60.5 Å². The van der Waals surface area contributed by atoms with E-state index in [-0.39, 0.29) is 0 Å². The van der Waals surface area contributed by atoms with Crippen LogP contribution in [0.4, 0.5) is 34.1 Å². The standard InChI is InChI=1S/C76H76N2O4P2/c1-45-33-49(5)71(50(6)34-45)67-41-61(77(57-17-25-63(79-13)26-18-57)58-19-27-64(80-14)28-20-58)42-68(72-51(7)35-46(2)36-52(72)8)75(67)83-84-76-69(73-53(9)37-47(3)38-54(73)10)43-62(44-70(76)74-55(11)39-48(4)40-56(74)12)78(59-21-29-65(81-15)30-22-59)60-23-31-66(82-16)32-24-60/h17-44H,1-16H3. The van der Waals surface area contributed by atoms with E-state index >= 15 is 0 Å². The van der Waals surface area contributed by atoms with Gasteiger partial charge in [0.05, 0.1) is 28.4 Å². The molecule has 0 fully saturated rings. The summed E-state index contributed by atoms with van der Waals surface area (Å²) in [4.78, 5) is 4.75. The lowest BCUT2D eigenvalue weighted by Gasteiger charge is -2.29. The van der Waals surface area contributed by atoms with Crippen molar-refractivity contribution in [3.63, 3.8) is 0 Å². The number of nitrogens with zero attached hydrogens (tertiary/aromatic N) is 2. The van der Waals surface area contributed by atoms with E-state index in [1.807, 2.05) is 48.5 Å². The summed E-state index contributed by atoms with van der Waals surface area (Å²) in [5.74, 6) is 3.20.